The number of nitrogens with zero attached hydrogens (tertiary/aromatic N) is 1. The minimum atomic E-state index is -0.270. The summed E-state index contributed by atoms with van der Waals surface area (Å²) in [7, 11) is 0. The van der Waals surface area contributed by atoms with Crippen LogP contribution in [0, 0.1) is 5.82 Å². The molecular weight excluding hydrogens is 205 g/mol. The first-order chi connectivity index (χ1) is 7.69. The summed E-state index contributed by atoms with van der Waals surface area (Å²) < 4.78 is 13.5. The number of hydrogen-bond acceptors (Lipinski definition) is 2. The van der Waals surface area contributed by atoms with Gasteiger partial charge in [-0.15, -0.1) is 0 Å². The van der Waals surface area contributed by atoms with Crippen LogP contribution in [0.25, 0.3) is 0 Å². The first-order valence-electron chi connectivity index (χ1n) is 5.70. The zero-order chi connectivity index (χ0) is 12.0. The highest BCUT2D eigenvalue weighted by Crippen LogP contribution is 2.18. The Morgan fingerprint density at radius 2 is 2.00 bits per heavy atom. The quantitative estimate of drug-likeness (QED) is 0.738. The highest BCUT2D eigenvalue weighted by molar-refractivity contribution is 5.83. The fourth-order valence-corrected chi connectivity index (χ4v) is 1.65. The van der Waals surface area contributed by atoms with Crippen molar-refractivity contribution in [3.63, 3.8) is 0 Å². The van der Waals surface area contributed by atoms with Crippen LogP contribution in [0.15, 0.2) is 24.3 Å². The summed E-state index contributed by atoms with van der Waals surface area (Å²) >= 11 is 0. The number of carbonyl (C=O) groups excluding carboxylic acids is 1. The number of para-hydroxylation sites is 1. The number of anilines is 1. The number of halogens is 1. The van der Waals surface area contributed by atoms with Crippen LogP contribution in [-0.2, 0) is 4.79 Å². The second-order valence-electron chi connectivity index (χ2n) is 3.75. The Hall–Kier alpha value is -1.38. The first kappa shape index (κ1) is 12.7. The van der Waals surface area contributed by atoms with Crippen LogP contribution in [0.4, 0.5) is 10.1 Å². The third-order valence-electron chi connectivity index (χ3n) is 2.47. The third kappa shape index (κ3) is 3.33. The van der Waals surface area contributed by atoms with Crippen molar-refractivity contribution in [1.82, 2.24) is 0 Å². The molecule has 0 radical (unpaired) electrons. The van der Waals surface area contributed by atoms with Gasteiger partial charge in [0, 0.05) is 13.0 Å². The molecule has 1 rings (SSSR count). The molecule has 0 fully saturated rings. The fourth-order valence-electron chi connectivity index (χ4n) is 1.65. The van der Waals surface area contributed by atoms with E-state index in [0.717, 1.165) is 6.42 Å². The molecule has 0 aromatic heterocycles. The molecule has 16 heavy (non-hydrogen) atoms. The van der Waals surface area contributed by atoms with E-state index in [9.17, 15) is 9.18 Å². The summed E-state index contributed by atoms with van der Waals surface area (Å²) in [6, 6.07) is 6.56. The third-order valence-corrected chi connectivity index (χ3v) is 2.47. The fraction of sp³-hybridized carbons (Fsp3) is 0.462. The molecule has 0 aliphatic carbocycles. The molecule has 0 saturated heterocycles. The Bertz CT molecular complexity index is 352. The zero-order valence-corrected chi connectivity index (χ0v) is 9.87. The smallest absolute Gasteiger partial charge is 0.152 e. The van der Waals surface area contributed by atoms with Crippen LogP contribution in [0.5, 0.6) is 0 Å². The van der Waals surface area contributed by atoms with Crippen LogP contribution >= 0.6 is 0 Å². The lowest BCUT2D eigenvalue weighted by atomic mass is 10.2. The van der Waals surface area contributed by atoms with Gasteiger partial charge >= 0.3 is 0 Å². The van der Waals surface area contributed by atoms with Gasteiger partial charge in [-0.25, -0.2) is 4.39 Å². The number of Topliss-reactive ketones (excluding diaryl/α,β-unsaturated/α-hetero) is 1. The second kappa shape index (κ2) is 6.26. The van der Waals surface area contributed by atoms with Gasteiger partial charge in [0.05, 0.1) is 12.2 Å². The molecule has 2 nitrogen and oxygen atoms in total. The second-order valence-corrected chi connectivity index (χ2v) is 3.75. The number of likely N-dealkylation sites (N-methyl/N-ethyl adjacent to an activating group) is 1. The van der Waals surface area contributed by atoms with Crippen molar-refractivity contribution in [2.24, 2.45) is 0 Å². The van der Waals surface area contributed by atoms with E-state index in [1.807, 2.05) is 13.8 Å². The number of carbonyl (C=O) groups is 1. The summed E-state index contributed by atoms with van der Waals surface area (Å²) in [5.41, 5.74) is 0.509. The lowest BCUT2D eigenvalue weighted by molar-refractivity contribution is -0.117. The first-order valence-corrected chi connectivity index (χ1v) is 5.70. The van der Waals surface area contributed by atoms with E-state index in [2.05, 4.69) is 0 Å². The van der Waals surface area contributed by atoms with E-state index in [4.69, 9.17) is 0 Å². The van der Waals surface area contributed by atoms with Gasteiger partial charge in [0.2, 0.25) is 0 Å². The van der Waals surface area contributed by atoms with Crippen molar-refractivity contribution in [2.45, 2.75) is 26.7 Å². The van der Waals surface area contributed by atoms with Gasteiger partial charge < -0.3 is 4.90 Å². The molecule has 0 N–H and O–H groups in total. The van der Waals surface area contributed by atoms with Gasteiger partial charge in [0.25, 0.3) is 0 Å². The molecule has 0 aliphatic rings. The maximum Gasteiger partial charge on any atom is 0.152 e. The van der Waals surface area contributed by atoms with E-state index in [1.165, 1.54) is 6.07 Å². The van der Waals surface area contributed by atoms with Crippen molar-refractivity contribution in [3.05, 3.63) is 30.1 Å². The summed E-state index contributed by atoms with van der Waals surface area (Å²) in [6.07, 6.45) is 1.40. The molecular formula is C13H18FNO. The number of ketones is 1. The molecule has 0 amide bonds. The maximum absolute atomic E-state index is 13.5. The Labute approximate surface area is 96.1 Å². The van der Waals surface area contributed by atoms with E-state index in [0.29, 0.717) is 25.2 Å². The Morgan fingerprint density at radius 3 is 2.56 bits per heavy atom. The van der Waals surface area contributed by atoms with Gasteiger partial charge in [0.1, 0.15) is 5.82 Å². The molecule has 0 aliphatic heterocycles. The van der Waals surface area contributed by atoms with Crippen molar-refractivity contribution in [2.75, 3.05) is 18.0 Å². The number of rotatable bonds is 6. The minimum Gasteiger partial charge on any atom is -0.362 e. The lowest BCUT2D eigenvalue weighted by Crippen LogP contribution is -2.30. The molecule has 0 atom stereocenters. The van der Waals surface area contributed by atoms with Crippen LogP contribution < -0.4 is 4.90 Å². The van der Waals surface area contributed by atoms with Gasteiger partial charge in [-0.1, -0.05) is 19.1 Å². The van der Waals surface area contributed by atoms with Crippen LogP contribution in [0.3, 0.4) is 0 Å². The van der Waals surface area contributed by atoms with E-state index in [1.54, 1.807) is 23.1 Å². The number of benzene rings is 1. The molecule has 0 heterocycles. The standard InChI is InChI=1S/C13H18FNO/c1-3-7-11(16)10-15(4-2)13-9-6-5-8-12(13)14/h5-6,8-9H,3-4,7,10H2,1-2H3. The van der Waals surface area contributed by atoms with Crippen molar-refractivity contribution >= 4 is 11.5 Å². The van der Waals surface area contributed by atoms with Crippen LogP contribution in [0.2, 0.25) is 0 Å². The van der Waals surface area contributed by atoms with Gasteiger partial charge in [0.15, 0.2) is 5.78 Å². The summed E-state index contributed by atoms with van der Waals surface area (Å²) in [5, 5.41) is 0. The largest absolute Gasteiger partial charge is 0.362 e. The highest BCUT2D eigenvalue weighted by atomic mass is 19.1. The topological polar surface area (TPSA) is 20.3 Å². The monoisotopic (exact) mass is 223 g/mol. The molecule has 0 bridgehead atoms. The lowest BCUT2D eigenvalue weighted by Gasteiger charge is -2.22. The summed E-state index contributed by atoms with van der Waals surface area (Å²) in [5.74, 6) is -0.110. The highest BCUT2D eigenvalue weighted by Gasteiger charge is 2.12. The van der Waals surface area contributed by atoms with E-state index >= 15 is 0 Å². The Morgan fingerprint density at radius 1 is 1.31 bits per heavy atom. The average molecular weight is 223 g/mol. The predicted molar refractivity (Wildman–Crippen MR) is 64.2 cm³/mol. The summed E-state index contributed by atoms with van der Waals surface area (Å²) in [6.45, 7) is 4.82. The minimum absolute atomic E-state index is 0.160. The van der Waals surface area contributed by atoms with Crippen molar-refractivity contribution in [1.29, 1.82) is 0 Å². The molecule has 1 aromatic carbocycles. The Balaban J connectivity index is 2.75. The van der Waals surface area contributed by atoms with Gasteiger partial charge in [-0.05, 0) is 25.5 Å². The van der Waals surface area contributed by atoms with Crippen molar-refractivity contribution < 1.29 is 9.18 Å². The average Bonchev–Trinajstić information content (AvgIpc) is 2.27. The van der Waals surface area contributed by atoms with E-state index in [-0.39, 0.29) is 11.6 Å². The molecule has 0 spiro atoms. The van der Waals surface area contributed by atoms with E-state index < -0.39 is 0 Å². The van der Waals surface area contributed by atoms with Gasteiger partial charge in [-0.2, -0.15) is 0 Å². The van der Waals surface area contributed by atoms with Crippen LogP contribution in [0.1, 0.15) is 26.7 Å². The number of hydrogen-bond donors (Lipinski definition) is 0. The molecule has 3 heteroatoms. The van der Waals surface area contributed by atoms with Crippen molar-refractivity contribution in [3.8, 4) is 0 Å². The van der Waals surface area contributed by atoms with Gasteiger partial charge in [-0.3, -0.25) is 4.79 Å². The zero-order valence-electron chi connectivity index (χ0n) is 9.87. The SMILES string of the molecule is CCCC(=O)CN(CC)c1ccccc1F. The predicted octanol–water partition coefficient (Wildman–Crippen LogP) is 3.02. The molecule has 1 aromatic rings. The molecule has 0 unspecified atom stereocenters. The van der Waals surface area contributed by atoms with Crippen LogP contribution in [-0.4, -0.2) is 18.9 Å². The molecule has 88 valence electrons. The normalized spacial score (nSPS) is 10.2. The Kier molecular flexibility index (Phi) is 4.96. The maximum atomic E-state index is 13.5. The molecule has 0 saturated carbocycles. The summed E-state index contributed by atoms with van der Waals surface area (Å²) in [4.78, 5) is 13.3.